The SMILES string of the molecule is Cc1cc(C(=O)Nc2cccc(C3(Cc4nncn4C)CC(F)(F)C3)c2)nc(C2CC2)n1. The van der Waals surface area contributed by atoms with Gasteiger partial charge in [0.1, 0.15) is 23.7 Å². The fourth-order valence-corrected chi connectivity index (χ4v) is 4.49. The van der Waals surface area contributed by atoms with Crippen molar-refractivity contribution in [2.45, 2.75) is 56.3 Å². The van der Waals surface area contributed by atoms with Crippen molar-refractivity contribution in [3.05, 3.63) is 65.3 Å². The Labute approximate surface area is 184 Å². The van der Waals surface area contributed by atoms with Gasteiger partial charge in [0.2, 0.25) is 5.92 Å². The summed E-state index contributed by atoms with van der Waals surface area (Å²) in [6, 6.07) is 8.80. The second-order valence-corrected chi connectivity index (χ2v) is 9.09. The summed E-state index contributed by atoms with van der Waals surface area (Å²) in [6.45, 7) is 1.85. The number of hydrogen-bond acceptors (Lipinski definition) is 5. The highest BCUT2D eigenvalue weighted by Gasteiger charge is 2.57. The zero-order valence-corrected chi connectivity index (χ0v) is 18.0. The number of nitrogens with zero attached hydrogens (tertiary/aromatic N) is 5. The molecule has 2 aromatic heterocycles. The number of carbonyl (C=O) groups is 1. The molecular formula is C23H24F2N6O. The Kier molecular flexibility index (Phi) is 4.79. The van der Waals surface area contributed by atoms with E-state index in [-0.39, 0.29) is 18.7 Å². The second-order valence-electron chi connectivity index (χ2n) is 9.09. The molecule has 3 aromatic rings. The number of rotatable bonds is 6. The quantitative estimate of drug-likeness (QED) is 0.630. The van der Waals surface area contributed by atoms with Crippen molar-refractivity contribution in [2.24, 2.45) is 7.05 Å². The number of nitrogens with one attached hydrogen (secondary N) is 1. The molecule has 2 fully saturated rings. The molecule has 0 unspecified atom stereocenters. The predicted molar refractivity (Wildman–Crippen MR) is 114 cm³/mol. The zero-order chi connectivity index (χ0) is 22.5. The number of benzene rings is 1. The van der Waals surface area contributed by atoms with Crippen molar-refractivity contribution in [3.63, 3.8) is 0 Å². The average molecular weight is 438 g/mol. The van der Waals surface area contributed by atoms with Crippen LogP contribution < -0.4 is 5.32 Å². The lowest BCUT2D eigenvalue weighted by atomic mass is 9.60. The molecule has 2 heterocycles. The summed E-state index contributed by atoms with van der Waals surface area (Å²) in [4.78, 5) is 21.7. The minimum atomic E-state index is -2.71. The van der Waals surface area contributed by atoms with Crippen molar-refractivity contribution in [2.75, 3.05) is 5.32 Å². The van der Waals surface area contributed by atoms with Gasteiger partial charge in [-0.05, 0) is 43.5 Å². The number of amides is 1. The third-order valence-electron chi connectivity index (χ3n) is 6.28. The van der Waals surface area contributed by atoms with E-state index in [0.717, 1.165) is 24.1 Å². The molecule has 1 N–H and O–H groups in total. The van der Waals surface area contributed by atoms with Gasteiger partial charge in [-0.1, -0.05) is 12.1 Å². The summed E-state index contributed by atoms with van der Waals surface area (Å²) in [5.41, 5.74) is 1.61. The van der Waals surface area contributed by atoms with Crippen molar-refractivity contribution in [1.29, 1.82) is 0 Å². The largest absolute Gasteiger partial charge is 0.321 e. The Balaban J connectivity index is 1.40. The predicted octanol–water partition coefficient (Wildman–Crippen LogP) is 3.95. The number of halogens is 2. The molecule has 0 spiro atoms. The second kappa shape index (κ2) is 7.43. The molecule has 2 saturated carbocycles. The van der Waals surface area contributed by atoms with Gasteiger partial charge in [-0.15, -0.1) is 10.2 Å². The van der Waals surface area contributed by atoms with E-state index in [2.05, 4.69) is 25.5 Å². The first-order valence-electron chi connectivity index (χ1n) is 10.7. The lowest BCUT2D eigenvalue weighted by Crippen LogP contribution is -2.51. The molecule has 7 nitrogen and oxygen atoms in total. The molecule has 1 amide bonds. The van der Waals surface area contributed by atoms with Gasteiger partial charge in [-0.2, -0.15) is 0 Å². The number of aromatic nitrogens is 5. The van der Waals surface area contributed by atoms with E-state index in [4.69, 9.17) is 0 Å². The first kappa shape index (κ1) is 20.7. The number of alkyl halides is 2. The van der Waals surface area contributed by atoms with Crippen molar-refractivity contribution < 1.29 is 13.6 Å². The summed E-state index contributed by atoms with van der Waals surface area (Å²) in [5.74, 6) is -1.35. The Morgan fingerprint density at radius 2 is 2.00 bits per heavy atom. The molecule has 5 rings (SSSR count). The first-order chi connectivity index (χ1) is 15.2. The molecule has 0 bridgehead atoms. The molecule has 1 aromatic carbocycles. The van der Waals surface area contributed by atoms with Gasteiger partial charge in [0.25, 0.3) is 5.91 Å². The Morgan fingerprint density at radius 1 is 1.22 bits per heavy atom. The maximum atomic E-state index is 14.0. The van der Waals surface area contributed by atoms with Gasteiger partial charge in [0.05, 0.1) is 0 Å². The van der Waals surface area contributed by atoms with Crippen LogP contribution in [0.25, 0.3) is 0 Å². The van der Waals surface area contributed by atoms with E-state index in [1.54, 1.807) is 42.2 Å². The van der Waals surface area contributed by atoms with Gasteiger partial charge in [-0.3, -0.25) is 4.79 Å². The third kappa shape index (κ3) is 3.99. The molecule has 2 aliphatic rings. The van der Waals surface area contributed by atoms with E-state index < -0.39 is 11.3 Å². The number of anilines is 1. The molecule has 0 radical (unpaired) electrons. The monoisotopic (exact) mass is 438 g/mol. The Morgan fingerprint density at radius 3 is 2.66 bits per heavy atom. The first-order valence-corrected chi connectivity index (χ1v) is 10.7. The minimum Gasteiger partial charge on any atom is -0.321 e. The molecular weight excluding hydrogens is 414 g/mol. The smallest absolute Gasteiger partial charge is 0.274 e. The summed E-state index contributed by atoms with van der Waals surface area (Å²) in [6.07, 6.45) is 3.48. The molecule has 0 atom stereocenters. The lowest BCUT2D eigenvalue weighted by molar-refractivity contribution is -0.127. The van der Waals surface area contributed by atoms with Crippen molar-refractivity contribution in [1.82, 2.24) is 24.7 Å². The van der Waals surface area contributed by atoms with Crippen LogP contribution in [-0.4, -0.2) is 36.6 Å². The van der Waals surface area contributed by atoms with Crippen LogP contribution >= 0.6 is 0 Å². The minimum absolute atomic E-state index is 0.264. The highest BCUT2D eigenvalue weighted by atomic mass is 19.3. The van der Waals surface area contributed by atoms with E-state index in [1.807, 2.05) is 13.0 Å². The Hall–Kier alpha value is -3.23. The van der Waals surface area contributed by atoms with Gasteiger partial charge >= 0.3 is 0 Å². The highest BCUT2D eigenvalue weighted by Crippen LogP contribution is 2.55. The van der Waals surface area contributed by atoms with Crippen molar-refractivity contribution in [3.8, 4) is 0 Å². The average Bonchev–Trinajstić information content (AvgIpc) is 3.50. The van der Waals surface area contributed by atoms with Gasteiger partial charge in [-0.25, -0.2) is 18.7 Å². The van der Waals surface area contributed by atoms with Crippen molar-refractivity contribution >= 4 is 11.6 Å². The molecule has 0 saturated heterocycles. The lowest BCUT2D eigenvalue weighted by Gasteiger charge is -2.47. The number of hydrogen-bond donors (Lipinski definition) is 1. The van der Waals surface area contributed by atoms with Crippen LogP contribution in [0.2, 0.25) is 0 Å². The number of aryl methyl sites for hydroxylation is 2. The zero-order valence-electron chi connectivity index (χ0n) is 18.0. The van der Waals surface area contributed by atoms with Gasteiger partial charge in [0, 0.05) is 49.0 Å². The topological polar surface area (TPSA) is 85.6 Å². The van der Waals surface area contributed by atoms with Crippen LogP contribution in [0.1, 0.15) is 65.0 Å². The van der Waals surface area contributed by atoms with Crippen LogP contribution in [0.5, 0.6) is 0 Å². The Bertz CT molecular complexity index is 1180. The summed E-state index contributed by atoms with van der Waals surface area (Å²) in [7, 11) is 1.80. The fraction of sp³-hybridized carbons (Fsp3) is 0.435. The van der Waals surface area contributed by atoms with E-state index in [1.165, 1.54) is 0 Å². The van der Waals surface area contributed by atoms with Crippen LogP contribution in [0.3, 0.4) is 0 Å². The molecule has 9 heteroatoms. The fourth-order valence-electron chi connectivity index (χ4n) is 4.49. The molecule has 2 aliphatic carbocycles. The van der Waals surface area contributed by atoms with E-state index >= 15 is 0 Å². The van der Waals surface area contributed by atoms with Crippen LogP contribution in [0.15, 0.2) is 36.7 Å². The maximum Gasteiger partial charge on any atom is 0.274 e. The number of carbonyl (C=O) groups excluding carboxylic acids is 1. The van der Waals surface area contributed by atoms with Crippen LogP contribution in [0, 0.1) is 6.92 Å². The van der Waals surface area contributed by atoms with E-state index in [0.29, 0.717) is 35.4 Å². The van der Waals surface area contributed by atoms with Crippen LogP contribution in [0.4, 0.5) is 14.5 Å². The van der Waals surface area contributed by atoms with Gasteiger partial charge < -0.3 is 9.88 Å². The molecule has 0 aliphatic heterocycles. The highest BCUT2D eigenvalue weighted by molar-refractivity contribution is 6.03. The normalized spacial score (nSPS) is 18.8. The molecule has 32 heavy (non-hydrogen) atoms. The summed E-state index contributed by atoms with van der Waals surface area (Å²) >= 11 is 0. The summed E-state index contributed by atoms with van der Waals surface area (Å²) < 4.78 is 29.7. The summed E-state index contributed by atoms with van der Waals surface area (Å²) in [5, 5.41) is 10.8. The van der Waals surface area contributed by atoms with E-state index in [9.17, 15) is 13.6 Å². The third-order valence-corrected chi connectivity index (χ3v) is 6.28. The maximum absolute atomic E-state index is 14.0. The van der Waals surface area contributed by atoms with Gasteiger partial charge in [0.15, 0.2) is 0 Å². The standard InChI is InChI=1S/C23H24F2N6O/c1-14-8-18(29-20(27-14)15-6-7-15)21(32)28-17-5-3-4-16(9-17)22(11-23(24,25)12-22)10-19-30-26-13-31(19)2/h3-5,8-9,13,15H,6-7,10-12H2,1-2H3,(H,28,32). The van der Waals surface area contributed by atoms with Crippen LogP contribution in [-0.2, 0) is 18.9 Å². The molecule has 166 valence electrons.